The van der Waals surface area contributed by atoms with Crippen LogP contribution >= 0.6 is 11.3 Å². The van der Waals surface area contributed by atoms with Crippen molar-refractivity contribution in [3.8, 4) is 22.2 Å². The van der Waals surface area contributed by atoms with Gasteiger partial charge in [0.05, 0.1) is 17.2 Å². The van der Waals surface area contributed by atoms with E-state index in [9.17, 15) is 18.0 Å². The summed E-state index contributed by atoms with van der Waals surface area (Å²) in [5.41, 5.74) is 4.47. The number of aryl methyl sites for hydroxylation is 1. The van der Waals surface area contributed by atoms with Crippen LogP contribution in [0.1, 0.15) is 32.2 Å². The summed E-state index contributed by atoms with van der Waals surface area (Å²) in [5.74, 6) is -1.69. The highest BCUT2D eigenvalue weighted by molar-refractivity contribution is 7.15. The Morgan fingerprint density at radius 1 is 1.22 bits per heavy atom. The topological polar surface area (TPSA) is 115 Å². The molecule has 1 amide bonds. The third kappa shape index (κ3) is 6.59. The van der Waals surface area contributed by atoms with Crippen LogP contribution in [-0.2, 0) is 4.74 Å². The molecule has 2 aromatic heterocycles. The molecule has 0 bridgehead atoms. The lowest BCUT2D eigenvalue weighted by Gasteiger charge is -2.36. The van der Waals surface area contributed by atoms with Crippen LogP contribution in [0, 0.1) is 18.6 Å². The summed E-state index contributed by atoms with van der Waals surface area (Å²) in [5, 5.41) is 3.72. The number of benzene rings is 1. The van der Waals surface area contributed by atoms with Crippen LogP contribution in [0.3, 0.4) is 0 Å². The molecule has 2 atom stereocenters. The van der Waals surface area contributed by atoms with Crippen molar-refractivity contribution in [3.05, 3.63) is 41.0 Å². The molecule has 37 heavy (non-hydrogen) atoms. The number of nitrogens with one attached hydrogen (secondary N) is 1. The van der Waals surface area contributed by atoms with Crippen LogP contribution in [-0.4, -0.2) is 56.8 Å². The van der Waals surface area contributed by atoms with E-state index in [1.54, 1.807) is 33.8 Å². The van der Waals surface area contributed by atoms with Gasteiger partial charge in [0.25, 0.3) is 0 Å². The van der Waals surface area contributed by atoms with Gasteiger partial charge in [-0.1, -0.05) is 0 Å². The van der Waals surface area contributed by atoms with E-state index in [1.807, 2.05) is 0 Å². The van der Waals surface area contributed by atoms with Crippen molar-refractivity contribution in [2.75, 3.05) is 24.1 Å². The molecule has 1 aliphatic rings. The average Bonchev–Trinajstić information content (AvgIpc) is 3.16. The lowest BCUT2D eigenvalue weighted by Crippen LogP contribution is -2.51. The number of aromatic nitrogens is 3. The molecule has 3 aromatic rings. The number of likely N-dealkylation sites (tertiary alicyclic amines) is 1. The average molecular weight is 537 g/mol. The summed E-state index contributed by atoms with van der Waals surface area (Å²) < 4.78 is 53.3. The molecule has 4 rings (SSSR count). The Morgan fingerprint density at radius 3 is 2.59 bits per heavy atom. The zero-order valence-corrected chi connectivity index (χ0v) is 21.5. The maximum absolute atomic E-state index is 14.5. The monoisotopic (exact) mass is 536 g/mol. The van der Waals surface area contributed by atoms with Gasteiger partial charge >= 0.3 is 6.09 Å². The van der Waals surface area contributed by atoms with Crippen molar-refractivity contribution in [3.63, 3.8) is 0 Å². The molecule has 0 spiro atoms. The number of hydrogen-bond donors (Lipinski definition) is 2. The fourth-order valence-electron chi connectivity index (χ4n) is 3.73. The Kier molecular flexibility index (Phi) is 7.44. The molecule has 3 heterocycles. The molecular weight excluding hydrogens is 509 g/mol. The van der Waals surface area contributed by atoms with Crippen molar-refractivity contribution >= 4 is 29.1 Å². The molecule has 1 saturated heterocycles. The predicted octanol–water partition coefficient (Wildman–Crippen LogP) is 5.32. The number of halogens is 3. The van der Waals surface area contributed by atoms with Crippen LogP contribution < -0.4 is 15.8 Å². The second kappa shape index (κ2) is 10.4. The van der Waals surface area contributed by atoms with E-state index in [4.69, 9.17) is 15.2 Å². The number of nitrogens with zero attached hydrogens (tertiary/aromatic N) is 4. The number of nitrogens with two attached hydrogens (primary N) is 1. The van der Waals surface area contributed by atoms with E-state index in [1.165, 1.54) is 22.4 Å². The quantitative estimate of drug-likeness (QED) is 0.421. The highest BCUT2D eigenvalue weighted by Gasteiger charge is 2.33. The first-order valence-corrected chi connectivity index (χ1v) is 12.3. The molecule has 0 radical (unpaired) electrons. The van der Waals surface area contributed by atoms with Crippen molar-refractivity contribution in [1.29, 1.82) is 0 Å². The van der Waals surface area contributed by atoms with Crippen LogP contribution in [0.2, 0.25) is 0 Å². The van der Waals surface area contributed by atoms with Gasteiger partial charge < -0.3 is 25.4 Å². The number of thiazole rings is 1. The number of amides is 1. The number of carbonyl (C=O) groups is 1. The summed E-state index contributed by atoms with van der Waals surface area (Å²) in [6.07, 6.45) is -0.164. The smallest absolute Gasteiger partial charge is 0.410 e. The summed E-state index contributed by atoms with van der Waals surface area (Å²) in [6.45, 7) is 7.15. The Labute approximate surface area is 215 Å². The van der Waals surface area contributed by atoms with Crippen molar-refractivity contribution in [2.24, 2.45) is 0 Å². The van der Waals surface area contributed by atoms with Gasteiger partial charge in [-0.25, -0.2) is 32.9 Å². The number of anilines is 2. The number of rotatable bonds is 5. The number of ether oxygens (including phenoxy) is 2. The number of carbonyl (C=O) groups excluding carboxylic acids is 1. The summed E-state index contributed by atoms with van der Waals surface area (Å²) in [6, 6.07) is 3.11. The maximum atomic E-state index is 14.5. The summed E-state index contributed by atoms with van der Waals surface area (Å²) >= 11 is 1.27. The van der Waals surface area contributed by atoms with Crippen LogP contribution in [0.25, 0.3) is 10.6 Å². The first-order valence-electron chi connectivity index (χ1n) is 11.5. The molecule has 13 heteroatoms. The number of piperidine rings is 1. The van der Waals surface area contributed by atoms with Gasteiger partial charge in [0.1, 0.15) is 28.1 Å². The lowest BCUT2D eigenvalue weighted by molar-refractivity contribution is 0.0124. The molecule has 9 nitrogen and oxygen atoms in total. The van der Waals surface area contributed by atoms with Crippen molar-refractivity contribution in [1.82, 2.24) is 19.9 Å². The predicted molar refractivity (Wildman–Crippen MR) is 133 cm³/mol. The third-order valence-corrected chi connectivity index (χ3v) is 6.22. The van der Waals surface area contributed by atoms with Gasteiger partial charge in [-0.3, -0.25) is 0 Å². The largest absolute Gasteiger partial charge is 0.444 e. The van der Waals surface area contributed by atoms with Crippen molar-refractivity contribution in [2.45, 2.75) is 51.9 Å². The molecule has 0 unspecified atom stereocenters. The van der Waals surface area contributed by atoms with Crippen LogP contribution in [0.5, 0.6) is 11.6 Å². The van der Waals surface area contributed by atoms with E-state index in [0.717, 1.165) is 12.1 Å². The molecule has 0 saturated carbocycles. The Bertz CT molecular complexity index is 1280. The van der Waals surface area contributed by atoms with E-state index in [2.05, 4.69) is 20.3 Å². The standard InChI is InChI=1S/C24H27F3N6O3S/c1-12-30-21(35-15-8-16(26)19(28)17(27)9-15)20(37-12)18-5-6-29-22(32-18)31-14-7-13(25)10-33(11-14)23(34)36-24(2,3)4/h5-6,8-9,13-14H,7,10-11,28H2,1-4H3,(H,29,31,32)/t13-,14-/m0/s1. The number of nitrogen functional groups attached to an aromatic ring is 1. The molecule has 1 aliphatic heterocycles. The lowest BCUT2D eigenvalue weighted by atomic mass is 10.0. The fraction of sp³-hybridized carbons (Fsp3) is 0.417. The second-order valence-electron chi connectivity index (χ2n) is 9.59. The number of hydrogen-bond acceptors (Lipinski definition) is 9. The summed E-state index contributed by atoms with van der Waals surface area (Å²) in [4.78, 5) is 27.3. The first kappa shape index (κ1) is 26.5. The Morgan fingerprint density at radius 2 is 1.92 bits per heavy atom. The summed E-state index contributed by atoms with van der Waals surface area (Å²) in [7, 11) is 0. The van der Waals surface area contributed by atoms with Gasteiger partial charge in [0, 0.05) is 37.3 Å². The van der Waals surface area contributed by atoms with E-state index in [-0.39, 0.29) is 37.1 Å². The Hall–Kier alpha value is -3.61. The zero-order chi connectivity index (χ0) is 26.9. The minimum absolute atomic E-state index is 0.0544. The van der Waals surface area contributed by atoms with E-state index < -0.39 is 41.2 Å². The highest BCUT2D eigenvalue weighted by atomic mass is 32.1. The van der Waals surface area contributed by atoms with Crippen LogP contribution in [0.4, 0.5) is 29.6 Å². The van der Waals surface area contributed by atoms with Gasteiger partial charge in [-0.2, -0.15) is 0 Å². The second-order valence-corrected chi connectivity index (χ2v) is 10.8. The van der Waals surface area contributed by atoms with Gasteiger partial charge in [-0.05, 0) is 33.8 Å². The molecular formula is C24H27F3N6O3S. The third-order valence-electron chi connectivity index (χ3n) is 5.24. The Balaban J connectivity index is 1.52. The van der Waals surface area contributed by atoms with E-state index in [0.29, 0.717) is 15.6 Å². The molecule has 0 aliphatic carbocycles. The molecule has 1 aromatic carbocycles. The van der Waals surface area contributed by atoms with E-state index >= 15 is 0 Å². The normalized spacial score (nSPS) is 18.0. The number of alkyl halides is 1. The van der Waals surface area contributed by atoms with Crippen LogP contribution in [0.15, 0.2) is 24.4 Å². The van der Waals surface area contributed by atoms with Gasteiger partial charge in [0.15, 0.2) is 11.6 Å². The van der Waals surface area contributed by atoms with Crippen molar-refractivity contribution < 1.29 is 27.4 Å². The van der Waals surface area contributed by atoms with Gasteiger partial charge in [-0.15, -0.1) is 11.3 Å². The highest BCUT2D eigenvalue weighted by Crippen LogP contribution is 2.38. The fourth-order valence-corrected chi connectivity index (χ4v) is 4.54. The maximum Gasteiger partial charge on any atom is 0.410 e. The molecule has 1 fully saturated rings. The zero-order valence-electron chi connectivity index (χ0n) is 20.7. The molecule has 3 N–H and O–H groups in total. The first-order chi connectivity index (χ1) is 17.4. The minimum atomic E-state index is -1.24. The minimum Gasteiger partial charge on any atom is -0.444 e. The SMILES string of the molecule is Cc1nc(Oc2cc(F)c(N)c(F)c2)c(-c2ccnc(N[C@H]3C[C@H](F)CN(C(=O)OC(C)(C)C)C3)n2)s1. The van der Waals surface area contributed by atoms with Gasteiger partial charge in [0.2, 0.25) is 11.8 Å². The molecule has 198 valence electrons.